The summed E-state index contributed by atoms with van der Waals surface area (Å²) >= 11 is 2.99. The molecule has 0 bridgehead atoms. The predicted molar refractivity (Wildman–Crippen MR) is 57.7 cm³/mol. The molecule has 0 amide bonds. The van der Waals surface area contributed by atoms with Crippen molar-refractivity contribution in [2.75, 3.05) is 13.1 Å². The van der Waals surface area contributed by atoms with E-state index < -0.39 is 5.60 Å². The van der Waals surface area contributed by atoms with Crippen molar-refractivity contribution in [3.05, 3.63) is 6.33 Å². The quantitative estimate of drug-likeness (QED) is 0.786. The van der Waals surface area contributed by atoms with Gasteiger partial charge in [-0.3, -0.25) is 0 Å². The number of aliphatic hydroxyl groups is 1. The van der Waals surface area contributed by atoms with Gasteiger partial charge < -0.3 is 10.4 Å². The van der Waals surface area contributed by atoms with Crippen LogP contribution in [0.2, 0.25) is 0 Å². The third kappa shape index (κ3) is 2.25. The molecule has 2 rings (SSSR count). The first-order valence-electron chi connectivity index (χ1n) is 4.55. The Morgan fingerprint density at radius 2 is 2.64 bits per heavy atom. The number of nitrogens with zero attached hydrogens (tertiary/aromatic N) is 2. The molecule has 78 valence electrons. The highest BCUT2D eigenvalue weighted by Gasteiger charge is 2.35. The fraction of sp³-hybridized carbons (Fsp3) is 0.750. The van der Waals surface area contributed by atoms with E-state index in [0.717, 1.165) is 23.8 Å². The number of thioether (sulfide) groups is 1. The van der Waals surface area contributed by atoms with Gasteiger partial charge in [0, 0.05) is 6.54 Å². The summed E-state index contributed by atoms with van der Waals surface area (Å²) in [6.07, 6.45) is 2.35. The third-order valence-corrected chi connectivity index (χ3v) is 4.66. The minimum absolute atomic E-state index is 0.171. The maximum absolute atomic E-state index is 10.1. The molecule has 1 saturated heterocycles. The van der Waals surface area contributed by atoms with Crippen molar-refractivity contribution in [3.8, 4) is 0 Å². The molecule has 0 aliphatic carbocycles. The monoisotopic (exact) mass is 231 g/mol. The van der Waals surface area contributed by atoms with E-state index in [-0.39, 0.29) is 5.25 Å². The first-order chi connectivity index (χ1) is 6.68. The van der Waals surface area contributed by atoms with E-state index >= 15 is 0 Å². The second-order valence-corrected chi connectivity index (χ2v) is 5.85. The van der Waals surface area contributed by atoms with Gasteiger partial charge in [-0.2, -0.15) is 4.37 Å². The molecule has 1 aliphatic heterocycles. The van der Waals surface area contributed by atoms with Gasteiger partial charge in [-0.25, -0.2) is 4.98 Å². The summed E-state index contributed by atoms with van der Waals surface area (Å²) in [5, 5.41) is 13.6. The van der Waals surface area contributed by atoms with Gasteiger partial charge in [0.15, 0.2) is 4.34 Å². The van der Waals surface area contributed by atoms with Crippen molar-refractivity contribution >= 4 is 23.3 Å². The molecule has 2 unspecified atom stereocenters. The Morgan fingerprint density at radius 3 is 3.29 bits per heavy atom. The van der Waals surface area contributed by atoms with Crippen LogP contribution in [0.25, 0.3) is 0 Å². The fourth-order valence-electron chi connectivity index (χ4n) is 1.46. The minimum atomic E-state index is -0.596. The number of hydrogen-bond donors (Lipinski definition) is 2. The molecule has 1 aromatic rings. The van der Waals surface area contributed by atoms with Crippen LogP contribution in [-0.2, 0) is 0 Å². The van der Waals surface area contributed by atoms with Crippen LogP contribution in [-0.4, -0.2) is 38.4 Å². The average molecular weight is 231 g/mol. The first-order valence-corrected chi connectivity index (χ1v) is 6.20. The summed E-state index contributed by atoms with van der Waals surface area (Å²) in [6, 6.07) is 0. The van der Waals surface area contributed by atoms with E-state index in [1.165, 1.54) is 11.5 Å². The average Bonchev–Trinajstić information content (AvgIpc) is 2.61. The van der Waals surface area contributed by atoms with E-state index in [1.54, 1.807) is 18.1 Å². The fourth-order valence-corrected chi connectivity index (χ4v) is 3.31. The molecule has 0 saturated carbocycles. The number of nitrogens with one attached hydrogen (secondary N) is 1. The summed E-state index contributed by atoms with van der Waals surface area (Å²) in [7, 11) is 0. The molecular weight excluding hydrogens is 218 g/mol. The molecule has 6 heteroatoms. The number of rotatable bonds is 2. The summed E-state index contributed by atoms with van der Waals surface area (Å²) < 4.78 is 4.87. The van der Waals surface area contributed by atoms with Crippen LogP contribution in [0.15, 0.2) is 10.7 Å². The van der Waals surface area contributed by atoms with Crippen molar-refractivity contribution in [3.63, 3.8) is 0 Å². The molecule has 0 spiro atoms. The standard InChI is InChI=1S/C8H13N3OS2/c1-8(12)2-3-9-4-6(8)13-7-10-5-11-14-7/h5-6,9,12H,2-4H2,1H3. The van der Waals surface area contributed by atoms with Crippen LogP contribution in [0, 0.1) is 0 Å². The highest BCUT2D eigenvalue weighted by atomic mass is 32.2. The van der Waals surface area contributed by atoms with Gasteiger partial charge >= 0.3 is 0 Å². The SMILES string of the molecule is CC1(O)CCNCC1Sc1ncns1. The van der Waals surface area contributed by atoms with Gasteiger partial charge in [0.1, 0.15) is 6.33 Å². The van der Waals surface area contributed by atoms with Gasteiger partial charge in [0.05, 0.1) is 10.9 Å². The first kappa shape index (κ1) is 10.4. The Kier molecular flexibility index (Phi) is 3.06. The van der Waals surface area contributed by atoms with Crippen LogP contribution in [0.1, 0.15) is 13.3 Å². The van der Waals surface area contributed by atoms with Crippen molar-refractivity contribution in [2.24, 2.45) is 0 Å². The highest BCUT2D eigenvalue weighted by Crippen LogP contribution is 2.33. The molecule has 2 heterocycles. The van der Waals surface area contributed by atoms with Crippen LogP contribution in [0.4, 0.5) is 0 Å². The lowest BCUT2D eigenvalue weighted by molar-refractivity contribution is 0.0355. The van der Waals surface area contributed by atoms with Gasteiger partial charge in [0.2, 0.25) is 0 Å². The van der Waals surface area contributed by atoms with Crippen molar-refractivity contribution in [1.29, 1.82) is 0 Å². The second kappa shape index (κ2) is 4.14. The molecule has 2 N–H and O–H groups in total. The lowest BCUT2D eigenvalue weighted by Gasteiger charge is -2.36. The Morgan fingerprint density at radius 1 is 1.79 bits per heavy atom. The molecule has 1 aromatic heterocycles. The summed E-state index contributed by atoms with van der Waals surface area (Å²) in [6.45, 7) is 3.62. The van der Waals surface area contributed by atoms with Crippen LogP contribution >= 0.6 is 23.3 Å². The lowest BCUT2D eigenvalue weighted by atomic mass is 9.94. The summed E-state index contributed by atoms with van der Waals surface area (Å²) in [4.78, 5) is 4.11. The predicted octanol–water partition coefficient (Wildman–Crippen LogP) is 0.743. The maximum Gasteiger partial charge on any atom is 0.170 e. The number of piperidine rings is 1. The van der Waals surface area contributed by atoms with Gasteiger partial charge in [-0.1, -0.05) is 11.8 Å². The van der Waals surface area contributed by atoms with Gasteiger partial charge in [0.25, 0.3) is 0 Å². The molecule has 0 radical (unpaired) electrons. The van der Waals surface area contributed by atoms with E-state index in [4.69, 9.17) is 0 Å². The molecule has 2 atom stereocenters. The molecule has 14 heavy (non-hydrogen) atoms. The minimum Gasteiger partial charge on any atom is -0.389 e. The molecular formula is C8H13N3OS2. The summed E-state index contributed by atoms with van der Waals surface area (Å²) in [5.74, 6) is 0. The van der Waals surface area contributed by atoms with Crippen molar-refractivity contribution in [1.82, 2.24) is 14.7 Å². The normalized spacial score (nSPS) is 33.1. The van der Waals surface area contributed by atoms with E-state index in [9.17, 15) is 5.11 Å². The van der Waals surface area contributed by atoms with Gasteiger partial charge in [-0.05, 0) is 31.4 Å². The maximum atomic E-state index is 10.1. The van der Waals surface area contributed by atoms with Crippen LogP contribution in [0.5, 0.6) is 0 Å². The Bertz CT molecular complexity index is 289. The van der Waals surface area contributed by atoms with Gasteiger partial charge in [-0.15, -0.1) is 0 Å². The molecule has 1 aliphatic rings. The third-order valence-electron chi connectivity index (χ3n) is 2.42. The van der Waals surface area contributed by atoms with Crippen LogP contribution in [0.3, 0.4) is 0 Å². The van der Waals surface area contributed by atoms with E-state index in [0.29, 0.717) is 0 Å². The smallest absolute Gasteiger partial charge is 0.170 e. The molecule has 1 fully saturated rings. The number of aromatic nitrogens is 2. The second-order valence-electron chi connectivity index (χ2n) is 3.62. The topological polar surface area (TPSA) is 58.0 Å². The van der Waals surface area contributed by atoms with Crippen molar-refractivity contribution < 1.29 is 5.11 Å². The van der Waals surface area contributed by atoms with Crippen LogP contribution < -0.4 is 5.32 Å². The molecule has 4 nitrogen and oxygen atoms in total. The zero-order chi connectivity index (χ0) is 10.0. The lowest BCUT2D eigenvalue weighted by Crippen LogP contribution is -2.50. The van der Waals surface area contributed by atoms with E-state index in [2.05, 4.69) is 14.7 Å². The Hall–Kier alpha value is -0.170. The number of hydrogen-bond acceptors (Lipinski definition) is 6. The summed E-state index contributed by atoms with van der Waals surface area (Å²) in [5.41, 5.74) is -0.596. The zero-order valence-corrected chi connectivity index (χ0v) is 9.57. The Balaban J connectivity index is 2.02. The largest absolute Gasteiger partial charge is 0.389 e. The zero-order valence-electron chi connectivity index (χ0n) is 7.93. The van der Waals surface area contributed by atoms with Crippen molar-refractivity contribution in [2.45, 2.75) is 28.5 Å². The highest BCUT2D eigenvalue weighted by molar-refractivity contribution is 8.01. The molecule has 0 aromatic carbocycles. The Labute approximate surface area is 91.3 Å². The van der Waals surface area contributed by atoms with E-state index in [1.807, 2.05) is 6.92 Å².